The average molecular weight is 190 g/mol. The molecule has 76 valence electrons. The summed E-state index contributed by atoms with van der Waals surface area (Å²) in [5.74, 6) is 0.642. The van der Waals surface area contributed by atoms with Gasteiger partial charge in [-0.25, -0.2) is 8.78 Å². The van der Waals surface area contributed by atoms with Gasteiger partial charge in [0, 0.05) is 12.6 Å². The summed E-state index contributed by atoms with van der Waals surface area (Å²) < 4.78 is 23.9. The van der Waals surface area contributed by atoms with Crippen LogP contribution in [0.3, 0.4) is 0 Å². The molecule has 0 amide bonds. The molecule has 3 rings (SSSR count). The maximum atomic E-state index is 12.0. The van der Waals surface area contributed by atoms with Crippen LogP contribution in [0.4, 0.5) is 8.78 Å². The number of piperidine rings is 3. The van der Waals surface area contributed by atoms with Crippen LogP contribution in [0, 0.1) is 5.92 Å². The summed E-state index contributed by atoms with van der Waals surface area (Å²) in [6.07, 6.45) is 0.150. The van der Waals surface area contributed by atoms with Crippen LogP contribution in [-0.4, -0.2) is 43.5 Å². The fourth-order valence-electron chi connectivity index (χ4n) is 2.44. The second-order valence-corrected chi connectivity index (χ2v) is 4.04. The van der Waals surface area contributed by atoms with Crippen molar-refractivity contribution in [1.29, 1.82) is 0 Å². The van der Waals surface area contributed by atoms with Crippen LogP contribution in [0.25, 0.3) is 0 Å². The fraction of sp³-hybridized carbons (Fsp3) is 1.00. The molecule has 0 spiro atoms. The van der Waals surface area contributed by atoms with E-state index < -0.39 is 6.43 Å². The van der Waals surface area contributed by atoms with Gasteiger partial charge in [0.1, 0.15) is 0 Å². The Bertz CT molecular complexity index is 167. The molecule has 4 heteroatoms. The fourth-order valence-corrected chi connectivity index (χ4v) is 2.44. The Kier molecular flexibility index (Phi) is 2.79. The lowest BCUT2D eigenvalue weighted by Crippen LogP contribution is -2.56. The Balaban J connectivity index is 1.80. The molecule has 3 fully saturated rings. The van der Waals surface area contributed by atoms with Crippen molar-refractivity contribution in [3.05, 3.63) is 0 Å². The van der Waals surface area contributed by atoms with E-state index in [1.807, 2.05) is 0 Å². The van der Waals surface area contributed by atoms with Crippen LogP contribution >= 0.6 is 0 Å². The molecule has 0 aromatic carbocycles. The SMILES string of the molecule is FC(F)CNC1CN2CCC1CC2. The van der Waals surface area contributed by atoms with Gasteiger partial charge < -0.3 is 10.2 Å². The van der Waals surface area contributed by atoms with Gasteiger partial charge in [0.2, 0.25) is 0 Å². The first-order valence-electron chi connectivity index (χ1n) is 4.99. The Morgan fingerprint density at radius 3 is 2.46 bits per heavy atom. The van der Waals surface area contributed by atoms with E-state index in [-0.39, 0.29) is 6.54 Å². The van der Waals surface area contributed by atoms with Gasteiger partial charge in [-0.3, -0.25) is 0 Å². The Morgan fingerprint density at radius 2 is 2.00 bits per heavy atom. The van der Waals surface area contributed by atoms with Gasteiger partial charge in [-0.05, 0) is 31.8 Å². The molecule has 2 bridgehead atoms. The lowest BCUT2D eigenvalue weighted by molar-refractivity contribution is 0.0592. The van der Waals surface area contributed by atoms with Crippen LogP contribution in [0.15, 0.2) is 0 Å². The summed E-state index contributed by atoms with van der Waals surface area (Å²) in [5.41, 5.74) is 0. The third-order valence-corrected chi connectivity index (χ3v) is 3.19. The van der Waals surface area contributed by atoms with Crippen LogP contribution in [-0.2, 0) is 0 Å². The highest BCUT2D eigenvalue weighted by Gasteiger charge is 2.33. The third-order valence-electron chi connectivity index (χ3n) is 3.19. The lowest BCUT2D eigenvalue weighted by Gasteiger charge is -2.45. The maximum Gasteiger partial charge on any atom is 0.250 e. The number of fused-ring (bicyclic) bond motifs is 3. The zero-order valence-corrected chi connectivity index (χ0v) is 7.68. The highest BCUT2D eigenvalue weighted by atomic mass is 19.3. The van der Waals surface area contributed by atoms with Crippen molar-refractivity contribution in [3.63, 3.8) is 0 Å². The summed E-state index contributed by atoms with van der Waals surface area (Å²) in [6, 6.07) is 0.316. The normalized spacial score (nSPS) is 38.5. The summed E-state index contributed by atoms with van der Waals surface area (Å²) in [4.78, 5) is 2.36. The number of nitrogens with zero attached hydrogens (tertiary/aromatic N) is 1. The van der Waals surface area contributed by atoms with E-state index in [1.165, 1.54) is 12.8 Å². The topological polar surface area (TPSA) is 15.3 Å². The molecule has 2 nitrogen and oxygen atoms in total. The van der Waals surface area contributed by atoms with Crippen LogP contribution in [0.1, 0.15) is 12.8 Å². The molecule has 1 unspecified atom stereocenters. The van der Waals surface area contributed by atoms with Crippen LogP contribution < -0.4 is 5.32 Å². The minimum Gasteiger partial charge on any atom is -0.307 e. The summed E-state index contributed by atoms with van der Waals surface area (Å²) in [7, 11) is 0. The van der Waals surface area contributed by atoms with Crippen molar-refractivity contribution < 1.29 is 8.78 Å². The van der Waals surface area contributed by atoms with Crippen LogP contribution in [0.2, 0.25) is 0 Å². The first-order chi connectivity index (χ1) is 6.25. The summed E-state index contributed by atoms with van der Waals surface area (Å²) in [5, 5.41) is 2.96. The van der Waals surface area contributed by atoms with Gasteiger partial charge >= 0.3 is 0 Å². The molecule has 0 aromatic rings. The first kappa shape index (κ1) is 9.34. The van der Waals surface area contributed by atoms with Crippen molar-refractivity contribution >= 4 is 0 Å². The van der Waals surface area contributed by atoms with Gasteiger partial charge in [-0.2, -0.15) is 0 Å². The summed E-state index contributed by atoms with van der Waals surface area (Å²) in [6.45, 7) is 3.15. The van der Waals surface area contributed by atoms with E-state index in [0.29, 0.717) is 12.0 Å². The van der Waals surface area contributed by atoms with Gasteiger partial charge in [-0.1, -0.05) is 0 Å². The van der Waals surface area contributed by atoms with E-state index in [0.717, 1.165) is 19.6 Å². The molecule has 0 aliphatic carbocycles. The van der Waals surface area contributed by atoms with Gasteiger partial charge in [-0.15, -0.1) is 0 Å². The lowest BCUT2D eigenvalue weighted by atomic mass is 9.84. The van der Waals surface area contributed by atoms with E-state index in [9.17, 15) is 8.78 Å². The Labute approximate surface area is 77.3 Å². The van der Waals surface area contributed by atoms with Crippen molar-refractivity contribution in [2.75, 3.05) is 26.2 Å². The maximum absolute atomic E-state index is 12.0. The second-order valence-electron chi connectivity index (χ2n) is 4.04. The molecule has 3 aliphatic heterocycles. The smallest absolute Gasteiger partial charge is 0.250 e. The third kappa shape index (κ3) is 2.17. The minimum absolute atomic E-state index is 0.144. The number of halogens is 2. The van der Waals surface area contributed by atoms with Gasteiger partial charge in [0.25, 0.3) is 6.43 Å². The number of nitrogens with one attached hydrogen (secondary N) is 1. The zero-order valence-electron chi connectivity index (χ0n) is 7.68. The summed E-state index contributed by atoms with van der Waals surface area (Å²) >= 11 is 0. The van der Waals surface area contributed by atoms with E-state index in [1.54, 1.807) is 0 Å². The molecule has 3 heterocycles. The predicted molar refractivity (Wildman–Crippen MR) is 47.0 cm³/mol. The monoisotopic (exact) mass is 190 g/mol. The van der Waals surface area contributed by atoms with Gasteiger partial charge in [0.05, 0.1) is 6.54 Å². The van der Waals surface area contributed by atoms with E-state index >= 15 is 0 Å². The van der Waals surface area contributed by atoms with Crippen molar-refractivity contribution in [1.82, 2.24) is 10.2 Å². The Hall–Kier alpha value is -0.220. The molecule has 3 aliphatic rings. The predicted octanol–water partition coefficient (Wildman–Crippen LogP) is 0.935. The molecule has 0 radical (unpaired) electrons. The van der Waals surface area contributed by atoms with Gasteiger partial charge in [0.15, 0.2) is 0 Å². The van der Waals surface area contributed by atoms with E-state index in [4.69, 9.17) is 0 Å². The molecular weight excluding hydrogens is 174 g/mol. The standard InChI is InChI=1S/C9H16F2N2/c10-9(11)5-12-8-6-13-3-1-7(8)2-4-13/h7-9,12H,1-6H2. The Morgan fingerprint density at radius 1 is 1.31 bits per heavy atom. The highest BCUT2D eigenvalue weighted by Crippen LogP contribution is 2.27. The number of alkyl halides is 2. The second kappa shape index (κ2) is 3.88. The largest absolute Gasteiger partial charge is 0.307 e. The number of hydrogen-bond acceptors (Lipinski definition) is 2. The minimum atomic E-state index is -2.21. The first-order valence-corrected chi connectivity index (χ1v) is 4.99. The average Bonchev–Trinajstić information content (AvgIpc) is 2.17. The number of hydrogen-bond donors (Lipinski definition) is 1. The highest BCUT2D eigenvalue weighted by molar-refractivity contribution is 4.90. The zero-order chi connectivity index (χ0) is 9.26. The molecule has 1 N–H and O–H groups in total. The van der Waals surface area contributed by atoms with Crippen molar-refractivity contribution in [2.24, 2.45) is 5.92 Å². The molecule has 13 heavy (non-hydrogen) atoms. The molecule has 0 aromatic heterocycles. The van der Waals surface area contributed by atoms with E-state index in [2.05, 4.69) is 10.2 Å². The van der Waals surface area contributed by atoms with Crippen molar-refractivity contribution in [3.8, 4) is 0 Å². The molecule has 3 saturated heterocycles. The molecule has 0 saturated carbocycles. The molecule has 1 atom stereocenters. The van der Waals surface area contributed by atoms with Crippen LogP contribution in [0.5, 0.6) is 0 Å². The number of rotatable bonds is 3. The van der Waals surface area contributed by atoms with Crippen molar-refractivity contribution in [2.45, 2.75) is 25.3 Å². The quantitative estimate of drug-likeness (QED) is 0.712. The molecular formula is C9H16F2N2.